The molecular formula is C11H13BrN2. The summed E-state index contributed by atoms with van der Waals surface area (Å²) in [6.07, 6.45) is 2.08. The van der Waals surface area contributed by atoms with E-state index in [0.717, 1.165) is 11.0 Å². The molecule has 2 N–H and O–H groups in total. The molecule has 2 rings (SSSR count). The van der Waals surface area contributed by atoms with Gasteiger partial charge >= 0.3 is 0 Å². The standard InChI is InChI=1S/C11H13BrN2/c1-8(13)7-14-5-4-9-6-10(12)2-3-11(9)14/h2-6,8H,7,13H2,1H3/t8-/m1/s1. The van der Waals surface area contributed by atoms with Gasteiger partial charge in [-0.25, -0.2) is 0 Å². The summed E-state index contributed by atoms with van der Waals surface area (Å²) in [6, 6.07) is 8.59. The van der Waals surface area contributed by atoms with Gasteiger partial charge in [0.25, 0.3) is 0 Å². The molecule has 3 heteroatoms. The van der Waals surface area contributed by atoms with Crippen LogP contribution < -0.4 is 5.73 Å². The molecule has 2 nitrogen and oxygen atoms in total. The zero-order chi connectivity index (χ0) is 10.1. The van der Waals surface area contributed by atoms with Crippen molar-refractivity contribution in [3.63, 3.8) is 0 Å². The molecule has 1 heterocycles. The monoisotopic (exact) mass is 252 g/mol. The summed E-state index contributed by atoms with van der Waals surface area (Å²) in [5.74, 6) is 0. The summed E-state index contributed by atoms with van der Waals surface area (Å²) in [7, 11) is 0. The smallest absolute Gasteiger partial charge is 0.0481 e. The van der Waals surface area contributed by atoms with Crippen LogP contribution in [-0.4, -0.2) is 10.6 Å². The third-order valence-electron chi connectivity index (χ3n) is 2.22. The number of nitrogens with two attached hydrogens (primary N) is 1. The average molecular weight is 253 g/mol. The Kier molecular flexibility index (Phi) is 2.61. The third-order valence-corrected chi connectivity index (χ3v) is 2.71. The number of benzene rings is 1. The van der Waals surface area contributed by atoms with Crippen LogP contribution in [0.4, 0.5) is 0 Å². The van der Waals surface area contributed by atoms with Crippen LogP contribution in [0.5, 0.6) is 0 Å². The van der Waals surface area contributed by atoms with E-state index >= 15 is 0 Å². The van der Waals surface area contributed by atoms with Crippen LogP contribution in [0.3, 0.4) is 0 Å². The third kappa shape index (κ3) is 1.83. The van der Waals surface area contributed by atoms with E-state index in [1.165, 1.54) is 10.9 Å². The first-order valence-corrected chi connectivity index (χ1v) is 5.46. The molecule has 0 fully saturated rings. The number of aromatic nitrogens is 1. The maximum absolute atomic E-state index is 5.77. The van der Waals surface area contributed by atoms with Gasteiger partial charge in [-0.15, -0.1) is 0 Å². The Bertz CT molecular complexity index is 445. The topological polar surface area (TPSA) is 30.9 Å². The molecular weight excluding hydrogens is 240 g/mol. The molecule has 1 atom stereocenters. The van der Waals surface area contributed by atoms with E-state index < -0.39 is 0 Å². The van der Waals surface area contributed by atoms with Crippen molar-refractivity contribution < 1.29 is 0 Å². The van der Waals surface area contributed by atoms with Crippen LogP contribution in [0.25, 0.3) is 10.9 Å². The molecule has 74 valence electrons. The second-order valence-corrected chi connectivity index (χ2v) is 4.56. The van der Waals surface area contributed by atoms with Crippen LogP contribution in [0, 0.1) is 0 Å². The first kappa shape index (κ1) is 9.74. The Hall–Kier alpha value is -0.800. The Morgan fingerprint density at radius 1 is 1.43 bits per heavy atom. The molecule has 0 spiro atoms. The number of hydrogen-bond acceptors (Lipinski definition) is 1. The van der Waals surface area contributed by atoms with Crippen LogP contribution in [0.15, 0.2) is 34.9 Å². The molecule has 0 amide bonds. The Morgan fingerprint density at radius 3 is 2.93 bits per heavy atom. The van der Waals surface area contributed by atoms with Crippen LogP contribution in [0.1, 0.15) is 6.92 Å². The van der Waals surface area contributed by atoms with Crippen molar-refractivity contribution in [3.8, 4) is 0 Å². The van der Waals surface area contributed by atoms with Gasteiger partial charge < -0.3 is 10.3 Å². The van der Waals surface area contributed by atoms with Gasteiger partial charge in [-0.05, 0) is 31.2 Å². The maximum Gasteiger partial charge on any atom is 0.0481 e. The van der Waals surface area contributed by atoms with E-state index in [-0.39, 0.29) is 6.04 Å². The number of nitrogens with zero attached hydrogens (tertiary/aromatic N) is 1. The van der Waals surface area contributed by atoms with Crippen LogP contribution in [0.2, 0.25) is 0 Å². The second-order valence-electron chi connectivity index (χ2n) is 3.65. The highest BCUT2D eigenvalue weighted by molar-refractivity contribution is 9.10. The average Bonchev–Trinajstić information content (AvgIpc) is 2.47. The van der Waals surface area contributed by atoms with E-state index in [2.05, 4.69) is 51.0 Å². The predicted molar refractivity (Wildman–Crippen MR) is 63.3 cm³/mol. The lowest BCUT2D eigenvalue weighted by Gasteiger charge is -2.08. The van der Waals surface area contributed by atoms with Gasteiger partial charge in [0.1, 0.15) is 0 Å². The fourth-order valence-electron chi connectivity index (χ4n) is 1.64. The SMILES string of the molecule is C[C@@H](N)Cn1ccc2cc(Br)ccc21. The van der Waals surface area contributed by atoms with Crippen molar-refractivity contribution in [2.24, 2.45) is 5.73 Å². The lowest BCUT2D eigenvalue weighted by Crippen LogP contribution is -2.21. The number of fused-ring (bicyclic) bond motifs is 1. The Balaban J connectivity index is 2.47. The van der Waals surface area contributed by atoms with E-state index in [0.29, 0.717) is 0 Å². The van der Waals surface area contributed by atoms with Gasteiger partial charge in [0.2, 0.25) is 0 Å². The van der Waals surface area contributed by atoms with Crippen LogP contribution >= 0.6 is 15.9 Å². The zero-order valence-electron chi connectivity index (χ0n) is 8.07. The lowest BCUT2D eigenvalue weighted by atomic mass is 10.2. The van der Waals surface area contributed by atoms with Crippen molar-refractivity contribution in [3.05, 3.63) is 34.9 Å². The highest BCUT2D eigenvalue weighted by Gasteiger charge is 2.02. The predicted octanol–water partition coefficient (Wildman–Crippen LogP) is 2.75. The largest absolute Gasteiger partial charge is 0.346 e. The summed E-state index contributed by atoms with van der Waals surface area (Å²) in [4.78, 5) is 0. The zero-order valence-corrected chi connectivity index (χ0v) is 9.66. The van der Waals surface area contributed by atoms with Crippen molar-refractivity contribution in [2.45, 2.75) is 19.5 Å². The highest BCUT2D eigenvalue weighted by Crippen LogP contribution is 2.20. The van der Waals surface area contributed by atoms with E-state index in [1.54, 1.807) is 0 Å². The molecule has 0 bridgehead atoms. The van der Waals surface area contributed by atoms with Gasteiger partial charge in [-0.2, -0.15) is 0 Å². The summed E-state index contributed by atoms with van der Waals surface area (Å²) < 4.78 is 3.30. The lowest BCUT2D eigenvalue weighted by molar-refractivity contribution is 0.605. The summed E-state index contributed by atoms with van der Waals surface area (Å²) in [5.41, 5.74) is 7.02. The minimum Gasteiger partial charge on any atom is -0.346 e. The Labute approximate surface area is 91.8 Å². The number of rotatable bonds is 2. The Morgan fingerprint density at radius 2 is 2.21 bits per heavy atom. The fraction of sp³-hybridized carbons (Fsp3) is 0.273. The minimum atomic E-state index is 0.189. The number of hydrogen-bond donors (Lipinski definition) is 1. The fourth-order valence-corrected chi connectivity index (χ4v) is 2.02. The summed E-state index contributed by atoms with van der Waals surface area (Å²) >= 11 is 3.46. The molecule has 0 saturated heterocycles. The van der Waals surface area contributed by atoms with Crippen LogP contribution in [-0.2, 0) is 6.54 Å². The molecule has 2 aromatic rings. The first-order valence-electron chi connectivity index (χ1n) is 4.67. The van der Waals surface area contributed by atoms with Crippen molar-refractivity contribution in [1.29, 1.82) is 0 Å². The van der Waals surface area contributed by atoms with Crippen molar-refractivity contribution >= 4 is 26.8 Å². The van der Waals surface area contributed by atoms with Crippen molar-refractivity contribution in [1.82, 2.24) is 4.57 Å². The second kappa shape index (κ2) is 3.75. The molecule has 1 aromatic carbocycles. The molecule has 0 aliphatic carbocycles. The molecule has 0 aliphatic rings. The van der Waals surface area contributed by atoms with Gasteiger partial charge in [0, 0.05) is 34.2 Å². The maximum atomic E-state index is 5.77. The number of halogens is 1. The molecule has 0 aliphatic heterocycles. The molecule has 14 heavy (non-hydrogen) atoms. The van der Waals surface area contributed by atoms with Gasteiger partial charge in [-0.1, -0.05) is 15.9 Å². The molecule has 0 saturated carbocycles. The van der Waals surface area contributed by atoms with Gasteiger partial charge in [-0.3, -0.25) is 0 Å². The summed E-state index contributed by atoms with van der Waals surface area (Å²) in [6.45, 7) is 2.88. The molecule has 0 unspecified atom stereocenters. The normalized spacial score (nSPS) is 13.4. The van der Waals surface area contributed by atoms with E-state index in [1.807, 2.05) is 6.92 Å². The molecule has 1 aromatic heterocycles. The first-order chi connectivity index (χ1) is 6.66. The van der Waals surface area contributed by atoms with Crippen molar-refractivity contribution in [2.75, 3.05) is 0 Å². The van der Waals surface area contributed by atoms with Gasteiger partial charge in [0.05, 0.1) is 0 Å². The van der Waals surface area contributed by atoms with Gasteiger partial charge in [0.15, 0.2) is 0 Å². The summed E-state index contributed by atoms with van der Waals surface area (Å²) in [5, 5.41) is 1.25. The highest BCUT2D eigenvalue weighted by atomic mass is 79.9. The molecule has 0 radical (unpaired) electrons. The van der Waals surface area contributed by atoms with E-state index in [9.17, 15) is 0 Å². The quantitative estimate of drug-likeness (QED) is 0.876. The van der Waals surface area contributed by atoms with E-state index in [4.69, 9.17) is 5.73 Å². The minimum absolute atomic E-state index is 0.189.